The molecular formula is C26H27NO8. The minimum absolute atomic E-state index is 0.00288. The van der Waals surface area contributed by atoms with Gasteiger partial charge in [-0.2, -0.15) is 0 Å². The van der Waals surface area contributed by atoms with Crippen LogP contribution in [0.1, 0.15) is 30.0 Å². The highest BCUT2D eigenvalue weighted by Crippen LogP contribution is 2.43. The van der Waals surface area contributed by atoms with E-state index in [0.717, 1.165) is 12.8 Å². The van der Waals surface area contributed by atoms with Crippen molar-refractivity contribution in [2.24, 2.45) is 0 Å². The predicted molar refractivity (Wildman–Crippen MR) is 125 cm³/mol. The summed E-state index contributed by atoms with van der Waals surface area (Å²) in [5.41, 5.74) is 0.964. The Kier molecular flexibility index (Phi) is 6.25. The van der Waals surface area contributed by atoms with Crippen LogP contribution in [0.3, 0.4) is 0 Å². The Bertz CT molecular complexity index is 1180. The van der Waals surface area contributed by atoms with Gasteiger partial charge in [0.15, 0.2) is 23.0 Å². The van der Waals surface area contributed by atoms with Gasteiger partial charge in [0.05, 0.1) is 31.9 Å². The summed E-state index contributed by atoms with van der Waals surface area (Å²) in [6.07, 6.45) is 1.52. The summed E-state index contributed by atoms with van der Waals surface area (Å²) in [6.45, 7) is 1.68. The molecule has 5 rings (SSSR count). The number of amides is 1. The van der Waals surface area contributed by atoms with Crippen LogP contribution in [0.2, 0.25) is 0 Å². The van der Waals surface area contributed by atoms with Crippen molar-refractivity contribution in [3.05, 3.63) is 53.1 Å². The van der Waals surface area contributed by atoms with Gasteiger partial charge in [-0.1, -0.05) is 6.07 Å². The standard InChI is InChI=1S/C26H27NO8/c1-31-18-7-5-15(12-20(18)32-2)23-22(25(29)26(30)27(23)14-17-4-3-9-33-17)24(28)16-6-8-19-21(13-16)35-11-10-34-19/h5-8,12-13,17,23,28H,3-4,9-11,14H2,1-2H3/t17-,23+/m0/s1. The first-order valence-electron chi connectivity index (χ1n) is 11.5. The smallest absolute Gasteiger partial charge is 0.295 e. The van der Waals surface area contributed by atoms with Crippen molar-refractivity contribution in [3.63, 3.8) is 0 Å². The summed E-state index contributed by atoms with van der Waals surface area (Å²) in [5, 5.41) is 11.3. The van der Waals surface area contributed by atoms with E-state index in [0.29, 0.717) is 53.9 Å². The highest BCUT2D eigenvalue weighted by atomic mass is 16.6. The second-order valence-electron chi connectivity index (χ2n) is 8.56. The highest BCUT2D eigenvalue weighted by molar-refractivity contribution is 6.46. The first kappa shape index (κ1) is 23.0. The van der Waals surface area contributed by atoms with Gasteiger partial charge >= 0.3 is 0 Å². The van der Waals surface area contributed by atoms with E-state index in [4.69, 9.17) is 23.7 Å². The zero-order valence-corrected chi connectivity index (χ0v) is 19.6. The van der Waals surface area contributed by atoms with Crippen LogP contribution in [-0.4, -0.2) is 68.4 Å². The maximum atomic E-state index is 13.3. The number of carbonyl (C=O) groups excluding carboxylic acids is 2. The van der Waals surface area contributed by atoms with E-state index in [1.165, 1.54) is 19.1 Å². The average molecular weight is 482 g/mol. The van der Waals surface area contributed by atoms with Crippen LogP contribution < -0.4 is 18.9 Å². The maximum Gasteiger partial charge on any atom is 0.295 e. The SMILES string of the molecule is COc1ccc([C@@H]2C(=C(O)c3ccc4c(c3)OCCO4)C(=O)C(=O)N2C[C@@H]2CCCO2)cc1OC. The zero-order valence-electron chi connectivity index (χ0n) is 19.6. The number of aliphatic hydroxyl groups is 1. The van der Waals surface area contributed by atoms with E-state index in [-0.39, 0.29) is 24.0 Å². The molecule has 2 aromatic rings. The fourth-order valence-corrected chi connectivity index (χ4v) is 4.79. The molecule has 184 valence electrons. The van der Waals surface area contributed by atoms with E-state index in [2.05, 4.69) is 0 Å². The minimum atomic E-state index is -0.827. The van der Waals surface area contributed by atoms with Crippen LogP contribution in [0, 0.1) is 0 Å². The molecule has 1 amide bonds. The lowest BCUT2D eigenvalue weighted by Gasteiger charge is -2.28. The lowest BCUT2D eigenvalue weighted by molar-refractivity contribution is -0.140. The van der Waals surface area contributed by atoms with Gasteiger partial charge in [0, 0.05) is 18.7 Å². The molecule has 35 heavy (non-hydrogen) atoms. The second-order valence-corrected chi connectivity index (χ2v) is 8.56. The van der Waals surface area contributed by atoms with Gasteiger partial charge in [-0.05, 0) is 48.7 Å². The molecule has 0 radical (unpaired) electrons. The number of nitrogens with zero attached hydrogens (tertiary/aromatic N) is 1. The third kappa shape index (κ3) is 4.16. The molecule has 0 aromatic heterocycles. The van der Waals surface area contributed by atoms with Crippen molar-refractivity contribution in [3.8, 4) is 23.0 Å². The van der Waals surface area contributed by atoms with Crippen molar-refractivity contribution >= 4 is 17.4 Å². The molecule has 2 aromatic carbocycles. The van der Waals surface area contributed by atoms with Gasteiger partial charge in [0.25, 0.3) is 11.7 Å². The number of rotatable bonds is 6. The number of ketones is 1. The number of methoxy groups -OCH3 is 2. The van der Waals surface area contributed by atoms with Crippen molar-refractivity contribution in [2.75, 3.05) is 40.6 Å². The number of carbonyl (C=O) groups is 2. The fourth-order valence-electron chi connectivity index (χ4n) is 4.79. The monoisotopic (exact) mass is 481 g/mol. The first-order chi connectivity index (χ1) is 17.0. The molecule has 1 N–H and O–H groups in total. The number of fused-ring (bicyclic) bond motifs is 1. The van der Waals surface area contributed by atoms with Gasteiger partial charge in [0.2, 0.25) is 0 Å². The van der Waals surface area contributed by atoms with Crippen LogP contribution >= 0.6 is 0 Å². The molecule has 2 saturated heterocycles. The Morgan fingerprint density at radius 2 is 1.77 bits per heavy atom. The summed E-state index contributed by atoms with van der Waals surface area (Å²) in [7, 11) is 3.04. The molecule has 2 atom stereocenters. The third-order valence-electron chi connectivity index (χ3n) is 6.50. The Hall–Kier alpha value is -3.72. The van der Waals surface area contributed by atoms with Crippen molar-refractivity contribution < 1.29 is 38.4 Å². The summed E-state index contributed by atoms with van der Waals surface area (Å²) < 4.78 is 27.7. The number of hydrogen-bond acceptors (Lipinski definition) is 8. The summed E-state index contributed by atoms with van der Waals surface area (Å²) in [6, 6.07) is 9.30. The number of hydrogen-bond donors (Lipinski definition) is 1. The molecule has 3 aliphatic heterocycles. The predicted octanol–water partition coefficient (Wildman–Crippen LogP) is 3.08. The minimum Gasteiger partial charge on any atom is -0.507 e. The van der Waals surface area contributed by atoms with E-state index < -0.39 is 17.7 Å². The quantitative estimate of drug-likeness (QED) is 0.382. The molecule has 0 spiro atoms. The largest absolute Gasteiger partial charge is 0.507 e. The van der Waals surface area contributed by atoms with Crippen LogP contribution in [-0.2, 0) is 14.3 Å². The topological polar surface area (TPSA) is 104 Å². The molecule has 0 aliphatic carbocycles. The number of benzene rings is 2. The van der Waals surface area contributed by atoms with E-state index in [9.17, 15) is 14.7 Å². The molecule has 0 unspecified atom stereocenters. The number of likely N-dealkylation sites (tertiary alicyclic amines) is 1. The molecule has 9 heteroatoms. The molecule has 9 nitrogen and oxygen atoms in total. The van der Waals surface area contributed by atoms with Gasteiger partial charge in [-0.25, -0.2) is 0 Å². The Balaban J connectivity index is 1.62. The molecule has 0 saturated carbocycles. The summed E-state index contributed by atoms with van der Waals surface area (Å²) in [4.78, 5) is 28.0. The van der Waals surface area contributed by atoms with Crippen LogP contribution in [0.25, 0.3) is 5.76 Å². The fraction of sp³-hybridized carbons (Fsp3) is 0.385. The molecular weight excluding hydrogens is 454 g/mol. The van der Waals surface area contributed by atoms with Crippen LogP contribution in [0.15, 0.2) is 42.0 Å². The summed E-state index contributed by atoms with van der Waals surface area (Å²) >= 11 is 0. The average Bonchev–Trinajstić information content (AvgIpc) is 3.50. The zero-order chi connectivity index (χ0) is 24.5. The first-order valence-corrected chi connectivity index (χ1v) is 11.5. The van der Waals surface area contributed by atoms with E-state index in [1.54, 1.807) is 36.4 Å². The van der Waals surface area contributed by atoms with Gasteiger partial charge in [-0.3, -0.25) is 9.59 Å². The third-order valence-corrected chi connectivity index (χ3v) is 6.50. The highest BCUT2D eigenvalue weighted by Gasteiger charge is 2.47. The lowest BCUT2D eigenvalue weighted by Crippen LogP contribution is -2.36. The lowest BCUT2D eigenvalue weighted by atomic mass is 9.94. The normalized spacial score (nSPS) is 23.0. The van der Waals surface area contributed by atoms with Gasteiger partial charge in [0.1, 0.15) is 19.0 Å². The summed E-state index contributed by atoms with van der Waals surface area (Å²) in [5.74, 6) is 0.273. The number of aliphatic hydroxyl groups excluding tert-OH is 1. The van der Waals surface area contributed by atoms with Crippen molar-refractivity contribution in [1.82, 2.24) is 4.90 Å². The van der Waals surface area contributed by atoms with E-state index in [1.807, 2.05) is 0 Å². The van der Waals surface area contributed by atoms with Crippen molar-refractivity contribution in [1.29, 1.82) is 0 Å². The number of ether oxygens (including phenoxy) is 5. The Labute approximate surface area is 202 Å². The Morgan fingerprint density at radius 1 is 1.00 bits per heavy atom. The molecule has 3 heterocycles. The molecule has 0 bridgehead atoms. The van der Waals surface area contributed by atoms with Crippen LogP contribution in [0.4, 0.5) is 0 Å². The van der Waals surface area contributed by atoms with Gasteiger partial charge < -0.3 is 33.7 Å². The Morgan fingerprint density at radius 3 is 2.49 bits per heavy atom. The second kappa shape index (κ2) is 9.50. The number of Topliss-reactive ketones (excluding diaryl/α,β-unsaturated/α-hetero) is 1. The van der Waals surface area contributed by atoms with Gasteiger partial charge in [-0.15, -0.1) is 0 Å². The van der Waals surface area contributed by atoms with Crippen molar-refractivity contribution in [2.45, 2.75) is 25.0 Å². The maximum absolute atomic E-state index is 13.3. The van der Waals surface area contributed by atoms with Crippen LogP contribution in [0.5, 0.6) is 23.0 Å². The molecule has 2 fully saturated rings. The molecule has 3 aliphatic rings. The van der Waals surface area contributed by atoms with E-state index >= 15 is 0 Å².